The normalized spacial score (nSPS) is 11.6. The minimum absolute atomic E-state index is 0.442. The number of aromatic nitrogens is 2. The van der Waals surface area contributed by atoms with Gasteiger partial charge in [-0.25, -0.2) is 4.98 Å². The fourth-order valence-electron chi connectivity index (χ4n) is 1.85. The minimum Gasteiger partial charge on any atom is -0.390 e. The molecule has 0 saturated carbocycles. The third-order valence-corrected chi connectivity index (χ3v) is 3.83. The summed E-state index contributed by atoms with van der Waals surface area (Å²) in [5.41, 5.74) is 3.15. The maximum Gasteiger partial charge on any atom is 0.129 e. The highest BCUT2D eigenvalue weighted by Gasteiger charge is 2.03. The Morgan fingerprint density at radius 2 is 2.29 bits per heavy atom. The largest absolute Gasteiger partial charge is 0.390 e. The van der Waals surface area contributed by atoms with E-state index < -0.39 is 0 Å². The van der Waals surface area contributed by atoms with E-state index in [0.717, 1.165) is 40.9 Å². The lowest BCUT2D eigenvalue weighted by molar-refractivity contribution is 0.818. The van der Waals surface area contributed by atoms with Gasteiger partial charge in [-0.05, 0) is 36.6 Å². The van der Waals surface area contributed by atoms with Gasteiger partial charge in [-0.2, -0.15) is 11.8 Å². The third-order valence-electron chi connectivity index (χ3n) is 2.92. The third kappa shape index (κ3) is 4.44. The van der Waals surface area contributed by atoms with Crippen molar-refractivity contribution in [2.75, 3.05) is 18.6 Å². The van der Waals surface area contributed by atoms with Crippen LogP contribution in [0, 0.1) is 5.41 Å². The number of hydrogen-bond acceptors (Lipinski definition) is 5. The van der Waals surface area contributed by atoms with Crippen LogP contribution in [-0.2, 0) is 0 Å². The first-order chi connectivity index (χ1) is 10.2. The van der Waals surface area contributed by atoms with Crippen molar-refractivity contribution in [3.05, 3.63) is 41.3 Å². The van der Waals surface area contributed by atoms with Crippen molar-refractivity contribution in [1.29, 1.82) is 5.41 Å². The second-order valence-electron chi connectivity index (χ2n) is 4.44. The van der Waals surface area contributed by atoms with E-state index in [0.29, 0.717) is 5.15 Å². The molecule has 0 aliphatic carbocycles. The topological polar surface area (TPSA) is 61.7 Å². The summed E-state index contributed by atoms with van der Waals surface area (Å²) in [7, 11) is 0. The first kappa shape index (κ1) is 15.8. The van der Waals surface area contributed by atoms with Crippen molar-refractivity contribution in [2.45, 2.75) is 6.42 Å². The number of nitrogens with zero attached hydrogens (tertiary/aromatic N) is 2. The molecule has 2 aromatic heterocycles. The zero-order chi connectivity index (χ0) is 15.1. The lowest BCUT2D eigenvalue weighted by Gasteiger charge is -2.05. The van der Waals surface area contributed by atoms with Gasteiger partial charge < -0.3 is 10.7 Å². The highest BCUT2D eigenvalue weighted by molar-refractivity contribution is 7.98. The van der Waals surface area contributed by atoms with E-state index in [4.69, 9.17) is 17.0 Å². The van der Waals surface area contributed by atoms with Gasteiger partial charge in [0.25, 0.3) is 0 Å². The van der Waals surface area contributed by atoms with Crippen molar-refractivity contribution in [2.24, 2.45) is 0 Å². The van der Waals surface area contributed by atoms with Gasteiger partial charge in [0.2, 0.25) is 0 Å². The average molecular weight is 321 g/mol. The van der Waals surface area contributed by atoms with Gasteiger partial charge in [0.05, 0.1) is 11.0 Å². The van der Waals surface area contributed by atoms with E-state index in [1.807, 2.05) is 30.1 Å². The average Bonchev–Trinajstić information content (AvgIpc) is 2.50. The summed E-state index contributed by atoms with van der Waals surface area (Å²) in [5, 5.41) is 11.2. The summed E-state index contributed by atoms with van der Waals surface area (Å²) in [6.45, 7) is 0.892. The van der Waals surface area contributed by atoms with E-state index in [1.165, 1.54) is 6.21 Å². The van der Waals surface area contributed by atoms with Crippen molar-refractivity contribution in [1.82, 2.24) is 15.3 Å². The maximum absolute atomic E-state index is 7.55. The van der Waals surface area contributed by atoms with Gasteiger partial charge in [-0.1, -0.05) is 11.6 Å². The van der Waals surface area contributed by atoms with Crippen molar-refractivity contribution < 1.29 is 0 Å². The molecule has 0 atom stereocenters. The number of pyridine rings is 2. The van der Waals surface area contributed by atoms with Crippen LogP contribution in [0.2, 0.25) is 5.15 Å². The smallest absolute Gasteiger partial charge is 0.129 e. The first-order valence-corrected chi connectivity index (χ1v) is 8.37. The summed E-state index contributed by atoms with van der Waals surface area (Å²) in [5.74, 6) is 1.13. The van der Waals surface area contributed by atoms with E-state index in [9.17, 15) is 0 Å². The molecule has 2 aromatic rings. The Morgan fingerprint density at radius 3 is 3.05 bits per heavy atom. The Morgan fingerprint density at radius 1 is 1.43 bits per heavy atom. The van der Waals surface area contributed by atoms with E-state index in [1.54, 1.807) is 12.3 Å². The molecule has 0 amide bonds. The number of nitrogens with one attached hydrogen (secondary N) is 2. The molecule has 2 heterocycles. The van der Waals surface area contributed by atoms with Crippen LogP contribution >= 0.6 is 23.4 Å². The van der Waals surface area contributed by atoms with Crippen molar-refractivity contribution in [3.63, 3.8) is 0 Å². The first-order valence-electron chi connectivity index (χ1n) is 6.60. The highest BCUT2D eigenvalue weighted by atomic mass is 35.5. The minimum atomic E-state index is 0.442. The lowest BCUT2D eigenvalue weighted by atomic mass is 10.1. The molecule has 21 heavy (non-hydrogen) atoms. The summed E-state index contributed by atoms with van der Waals surface area (Å²) < 4.78 is 0. The fraction of sp³-hybridized carbons (Fsp3) is 0.267. The van der Waals surface area contributed by atoms with Gasteiger partial charge in [0.15, 0.2) is 0 Å². The zero-order valence-corrected chi connectivity index (χ0v) is 13.3. The second-order valence-corrected chi connectivity index (χ2v) is 5.81. The lowest BCUT2D eigenvalue weighted by Crippen LogP contribution is -2.09. The molecule has 2 N–H and O–H groups in total. The molecule has 4 nitrogen and oxygen atoms in total. The molecular formula is C15H17ClN4S. The van der Waals surface area contributed by atoms with Crippen LogP contribution in [0.5, 0.6) is 0 Å². The van der Waals surface area contributed by atoms with Crippen LogP contribution in [0.25, 0.3) is 16.6 Å². The van der Waals surface area contributed by atoms with Gasteiger partial charge in [0.1, 0.15) is 5.15 Å². The molecular weight excluding hydrogens is 304 g/mol. The number of rotatable bonds is 7. The number of hydrogen-bond donors (Lipinski definition) is 2. The standard InChI is InChI=1S/C15H17ClN4S/c1-21-6-2-5-18-9-12(8-17)11-7-14-13(19-10-11)3-4-15(16)20-14/h3-4,7-10,17-18H,2,5-6H2,1H3/b12-9+,17-8?. The molecule has 0 spiro atoms. The number of thioether (sulfide) groups is 1. The molecule has 0 aromatic carbocycles. The number of halogens is 1. The SMILES string of the molecule is CSCCCN/C=C(\C=N)c1cnc2ccc(Cl)nc2c1. The maximum atomic E-state index is 7.55. The molecule has 6 heteroatoms. The Labute approximate surface area is 133 Å². The summed E-state index contributed by atoms with van der Waals surface area (Å²) in [4.78, 5) is 8.60. The summed E-state index contributed by atoms with van der Waals surface area (Å²) in [6, 6.07) is 5.45. The monoisotopic (exact) mass is 320 g/mol. The fourth-order valence-corrected chi connectivity index (χ4v) is 2.44. The van der Waals surface area contributed by atoms with Gasteiger partial charge in [-0.15, -0.1) is 0 Å². The van der Waals surface area contributed by atoms with Gasteiger partial charge in [0, 0.05) is 36.3 Å². The predicted molar refractivity (Wildman–Crippen MR) is 92.3 cm³/mol. The molecule has 110 valence electrons. The Balaban J connectivity index is 2.17. The molecule has 0 bridgehead atoms. The molecule has 0 aliphatic heterocycles. The Bertz CT molecular complexity index is 657. The molecule has 0 aliphatic rings. The molecule has 2 rings (SSSR count). The Kier molecular flexibility index (Phi) is 6.02. The quantitative estimate of drug-likeness (QED) is 0.465. The molecule has 0 unspecified atom stereocenters. The van der Waals surface area contributed by atoms with Crippen LogP contribution in [0.1, 0.15) is 12.0 Å². The number of allylic oxidation sites excluding steroid dienone is 1. The van der Waals surface area contributed by atoms with E-state index in [2.05, 4.69) is 21.5 Å². The van der Waals surface area contributed by atoms with Crippen LogP contribution < -0.4 is 5.32 Å². The van der Waals surface area contributed by atoms with Crippen LogP contribution in [0.3, 0.4) is 0 Å². The highest BCUT2D eigenvalue weighted by Crippen LogP contribution is 2.18. The van der Waals surface area contributed by atoms with Crippen LogP contribution in [-0.4, -0.2) is 34.7 Å². The second kappa shape index (κ2) is 8.00. The van der Waals surface area contributed by atoms with Crippen molar-refractivity contribution >= 4 is 46.2 Å². The zero-order valence-electron chi connectivity index (χ0n) is 11.8. The van der Waals surface area contributed by atoms with Gasteiger partial charge >= 0.3 is 0 Å². The van der Waals surface area contributed by atoms with Crippen LogP contribution in [0.15, 0.2) is 30.6 Å². The molecule has 0 radical (unpaired) electrons. The van der Waals surface area contributed by atoms with E-state index in [-0.39, 0.29) is 0 Å². The summed E-state index contributed by atoms with van der Waals surface area (Å²) in [6.07, 6.45) is 8.10. The van der Waals surface area contributed by atoms with E-state index >= 15 is 0 Å². The van der Waals surface area contributed by atoms with Crippen LogP contribution in [0.4, 0.5) is 0 Å². The number of fused-ring (bicyclic) bond motifs is 1. The predicted octanol–water partition coefficient (Wildman–Crippen LogP) is 3.62. The molecule has 0 saturated heterocycles. The Hall–Kier alpha value is -1.59. The summed E-state index contributed by atoms with van der Waals surface area (Å²) >= 11 is 7.73. The van der Waals surface area contributed by atoms with Gasteiger partial charge in [-0.3, -0.25) is 4.98 Å². The molecule has 0 fully saturated rings. The van der Waals surface area contributed by atoms with Crippen molar-refractivity contribution in [3.8, 4) is 0 Å².